The van der Waals surface area contributed by atoms with Gasteiger partial charge in [-0.15, -0.1) is 5.10 Å². The Balaban J connectivity index is 1.99. The first-order valence-corrected chi connectivity index (χ1v) is 11.0. The number of aromatic nitrogens is 2. The lowest BCUT2D eigenvalue weighted by atomic mass is 9.82. The molecule has 1 amide bonds. The van der Waals surface area contributed by atoms with Crippen LogP contribution in [0.4, 0.5) is 5.82 Å². The largest absolute Gasteiger partial charge is 0.462 e. The number of amides is 1. The van der Waals surface area contributed by atoms with Gasteiger partial charge in [0.1, 0.15) is 5.56 Å². The number of hydrogen-bond donors (Lipinski definition) is 0. The van der Waals surface area contributed by atoms with Crippen LogP contribution in [-0.2, 0) is 9.53 Å². The van der Waals surface area contributed by atoms with E-state index >= 15 is 0 Å². The highest BCUT2D eigenvalue weighted by Crippen LogP contribution is 2.33. The fourth-order valence-corrected chi connectivity index (χ4v) is 4.35. The fourth-order valence-electron chi connectivity index (χ4n) is 3.72. The molecule has 7 heteroatoms. The number of thiophene rings is 1. The Bertz CT molecular complexity index is 805. The van der Waals surface area contributed by atoms with E-state index in [9.17, 15) is 9.59 Å². The normalized spacial score (nSPS) is 19.6. The van der Waals surface area contributed by atoms with E-state index in [1.807, 2.05) is 30.7 Å². The van der Waals surface area contributed by atoms with E-state index < -0.39 is 5.97 Å². The third-order valence-corrected chi connectivity index (χ3v) is 5.98. The number of hydrogen-bond acceptors (Lipinski definition) is 5. The summed E-state index contributed by atoms with van der Waals surface area (Å²) in [5.41, 5.74) is 1.20. The maximum Gasteiger partial charge on any atom is 0.343 e. The lowest BCUT2D eigenvalue weighted by molar-refractivity contribution is -0.123. The average Bonchev–Trinajstić information content (AvgIpc) is 3.32. The Hall–Kier alpha value is -2.15. The molecule has 0 aromatic carbocycles. The van der Waals surface area contributed by atoms with E-state index in [1.54, 1.807) is 34.0 Å². The van der Waals surface area contributed by atoms with Crippen molar-refractivity contribution in [2.45, 2.75) is 59.4 Å². The predicted octanol–water partition coefficient (Wildman–Crippen LogP) is 4.68. The van der Waals surface area contributed by atoms with Crippen LogP contribution in [0, 0.1) is 11.8 Å². The molecular formula is C21H29N3O3S. The highest BCUT2D eigenvalue weighted by molar-refractivity contribution is 7.08. The minimum Gasteiger partial charge on any atom is -0.462 e. The van der Waals surface area contributed by atoms with Crippen LogP contribution < -0.4 is 4.90 Å². The Morgan fingerprint density at radius 3 is 2.61 bits per heavy atom. The van der Waals surface area contributed by atoms with Gasteiger partial charge < -0.3 is 4.74 Å². The minimum absolute atomic E-state index is 0.0139. The van der Waals surface area contributed by atoms with Crippen LogP contribution in [0.15, 0.2) is 23.0 Å². The van der Waals surface area contributed by atoms with Gasteiger partial charge in [-0.2, -0.15) is 11.3 Å². The lowest BCUT2D eigenvalue weighted by Crippen LogP contribution is -2.43. The summed E-state index contributed by atoms with van der Waals surface area (Å²) in [6.45, 7) is 8.21. The molecule has 0 atom stereocenters. The Kier molecular flexibility index (Phi) is 6.54. The maximum absolute atomic E-state index is 13.4. The van der Waals surface area contributed by atoms with Crippen molar-refractivity contribution in [3.05, 3.63) is 28.6 Å². The fraction of sp³-hybridized carbons (Fsp3) is 0.571. The second-order valence-corrected chi connectivity index (χ2v) is 8.55. The first kappa shape index (κ1) is 20.6. The van der Waals surface area contributed by atoms with Crippen LogP contribution in [0.2, 0.25) is 0 Å². The van der Waals surface area contributed by atoms with Gasteiger partial charge in [-0.25, -0.2) is 9.48 Å². The monoisotopic (exact) mass is 403 g/mol. The van der Waals surface area contributed by atoms with Gasteiger partial charge in [0.25, 0.3) is 0 Å². The first-order chi connectivity index (χ1) is 13.4. The maximum atomic E-state index is 13.4. The van der Waals surface area contributed by atoms with Crippen molar-refractivity contribution < 1.29 is 14.3 Å². The standard InChI is InChI=1S/C21H29N3O3S/c1-5-27-21(26)18-12-23(17-10-11-28-13-17)22-19(18)24(14(2)3)20(25)16-8-6-15(4)7-9-16/h10-16H,5-9H2,1-4H3. The number of ether oxygens (including phenoxy) is 1. The molecule has 0 aliphatic heterocycles. The zero-order valence-electron chi connectivity index (χ0n) is 17.1. The van der Waals surface area contributed by atoms with E-state index in [0.29, 0.717) is 17.3 Å². The van der Waals surface area contributed by atoms with Crippen molar-refractivity contribution in [2.24, 2.45) is 11.8 Å². The number of rotatable bonds is 6. The number of anilines is 1. The van der Waals surface area contributed by atoms with Gasteiger partial charge in [0.2, 0.25) is 5.91 Å². The van der Waals surface area contributed by atoms with E-state index in [1.165, 1.54) is 0 Å². The Labute approximate surface area is 170 Å². The Morgan fingerprint density at radius 1 is 1.32 bits per heavy atom. The topological polar surface area (TPSA) is 64.4 Å². The average molecular weight is 404 g/mol. The number of nitrogens with zero attached hydrogens (tertiary/aromatic N) is 3. The summed E-state index contributed by atoms with van der Waals surface area (Å²) in [5, 5.41) is 8.54. The first-order valence-electron chi connectivity index (χ1n) is 10.0. The SMILES string of the molecule is CCOC(=O)c1cn(-c2ccsc2)nc1N(C(=O)C1CCC(C)CC1)C(C)C. The van der Waals surface area contributed by atoms with E-state index in [2.05, 4.69) is 12.0 Å². The van der Waals surface area contributed by atoms with Crippen molar-refractivity contribution in [3.63, 3.8) is 0 Å². The van der Waals surface area contributed by atoms with E-state index in [-0.39, 0.29) is 24.5 Å². The lowest BCUT2D eigenvalue weighted by Gasteiger charge is -2.32. The van der Waals surface area contributed by atoms with Gasteiger partial charge >= 0.3 is 5.97 Å². The molecule has 0 bridgehead atoms. The van der Waals surface area contributed by atoms with Crippen molar-refractivity contribution in [2.75, 3.05) is 11.5 Å². The molecule has 0 unspecified atom stereocenters. The number of carbonyl (C=O) groups is 2. The van der Waals surface area contributed by atoms with Crippen LogP contribution >= 0.6 is 11.3 Å². The summed E-state index contributed by atoms with van der Waals surface area (Å²) in [7, 11) is 0. The highest BCUT2D eigenvalue weighted by atomic mass is 32.1. The summed E-state index contributed by atoms with van der Waals surface area (Å²) in [4.78, 5) is 27.7. The number of carbonyl (C=O) groups excluding carboxylic acids is 2. The van der Waals surface area contributed by atoms with Crippen LogP contribution in [0.5, 0.6) is 0 Å². The summed E-state index contributed by atoms with van der Waals surface area (Å²) >= 11 is 1.55. The van der Waals surface area contributed by atoms with E-state index in [4.69, 9.17) is 4.74 Å². The molecule has 1 aliphatic carbocycles. The van der Waals surface area contributed by atoms with Crippen LogP contribution in [0.3, 0.4) is 0 Å². The molecule has 0 N–H and O–H groups in total. The molecule has 0 radical (unpaired) electrons. The van der Waals surface area contributed by atoms with Crippen LogP contribution in [-0.4, -0.2) is 34.3 Å². The minimum atomic E-state index is -0.449. The van der Waals surface area contributed by atoms with Crippen molar-refractivity contribution >= 4 is 29.0 Å². The summed E-state index contributed by atoms with van der Waals surface area (Å²) in [5.74, 6) is 0.658. The summed E-state index contributed by atoms with van der Waals surface area (Å²) in [6.07, 6.45) is 5.58. The molecule has 28 heavy (non-hydrogen) atoms. The smallest absolute Gasteiger partial charge is 0.343 e. The molecule has 1 aliphatic rings. The molecule has 1 saturated carbocycles. The third kappa shape index (κ3) is 4.29. The van der Waals surface area contributed by atoms with Crippen molar-refractivity contribution in [1.29, 1.82) is 0 Å². The van der Waals surface area contributed by atoms with Gasteiger partial charge in [0, 0.05) is 23.5 Å². The predicted molar refractivity (Wildman–Crippen MR) is 111 cm³/mol. The Morgan fingerprint density at radius 2 is 2.04 bits per heavy atom. The van der Waals surface area contributed by atoms with Crippen molar-refractivity contribution in [1.82, 2.24) is 9.78 Å². The molecule has 2 aromatic heterocycles. The quantitative estimate of drug-likeness (QED) is 0.657. The third-order valence-electron chi connectivity index (χ3n) is 5.31. The number of esters is 1. The molecule has 0 spiro atoms. The summed E-state index contributed by atoms with van der Waals surface area (Å²) < 4.78 is 6.90. The van der Waals surface area contributed by atoms with Crippen LogP contribution in [0.1, 0.15) is 63.7 Å². The molecule has 0 saturated heterocycles. The van der Waals surface area contributed by atoms with Crippen molar-refractivity contribution in [3.8, 4) is 5.69 Å². The molecule has 1 fully saturated rings. The van der Waals surface area contributed by atoms with Gasteiger partial charge in [-0.05, 0) is 63.8 Å². The zero-order chi connectivity index (χ0) is 20.3. The van der Waals surface area contributed by atoms with Gasteiger partial charge in [-0.3, -0.25) is 9.69 Å². The van der Waals surface area contributed by atoms with E-state index in [0.717, 1.165) is 31.4 Å². The van der Waals surface area contributed by atoms with Gasteiger partial charge in [0.05, 0.1) is 12.3 Å². The van der Waals surface area contributed by atoms with Crippen LogP contribution in [0.25, 0.3) is 5.69 Å². The molecule has 152 valence electrons. The molecule has 3 rings (SSSR count). The second kappa shape index (κ2) is 8.90. The van der Waals surface area contributed by atoms with Gasteiger partial charge in [0.15, 0.2) is 5.82 Å². The summed E-state index contributed by atoms with van der Waals surface area (Å²) in [6, 6.07) is 1.83. The molecular weight excluding hydrogens is 374 g/mol. The molecule has 2 heterocycles. The molecule has 6 nitrogen and oxygen atoms in total. The second-order valence-electron chi connectivity index (χ2n) is 7.77. The zero-order valence-corrected chi connectivity index (χ0v) is 17.9. The van der Waals surface area contributed by atoms with Gasteiger partial charge in [-0.1, -0.05) is 6.92 Å². The highest BCUT2D eigenvalue weighted by Gasteiger charge is 2.34. The molecule has 2 aromatic rings.